The van der Waals surface area contributed by atoms with Gasteiger partial charge in [-0.3, -0.25) is 9.59 Å². The first-order chi connectivity index (χ1) is 15.4. The third-order valence-electron chi connectivity index (χ3n) is 10.6. The molecule has 0 unspecified atom stereocenters. The van der Waals surface area contributed by atoms with E-state index in [0.717, 1.165) is 44.9 Å². The first kappa shape index (κ1) is 23.7. The van der Waals surface area contributed by atoms with Crippen molar-refractivity contribution in [3.8, 4) is 0 Å². The number of ether oxygens (including phenoxy) is 3. The number of carbonyl (C=O) groups excluding carboxylic acids is 2. The number of esters is 1. The maximum absolute atomic E-state index is 12.9. The Labute approximate surface area is 198 Å². The van der Waals surface area contributed by atoms with E-state index >= 15 is 0 Å². The summed E-state index contributed by atoms with van der Waals surface area (Å²) in [4.78, 5) is 25.3. The Morgan fingerprint density at radius 1 is 1.09 bits per heavy atom. The van der Waals surface area contributed by atoms with Crippen molar-refractivity contribution in [2.75, 3.05) is 6.61 Å². The van der Waals surface area contributed by atoms with Gasteiger partial charge in [-0.25, -0.2) is 0 Å². The molecule has 1 aliphatic heterocycles. The minimum atomic E-state index is -0.597. The lowest BCUT2D eigenvalue weighted by Crippen LogP contribution is -2.70. The zero-order valence-corrected chi connectivity index (χ0v) is 21.2. The van der Waals surface area contributed by atoms with Crippen molar-refractivity contribution < 1.29 is 28.9 Å². The number of rotatable bonds is 5. The number of carbonyl (C=O) groups is 2. The summed E-state index contributed by atoms with van der Waals surface area (Å²) in [6.07, 6.45) is 5.01. The predicted molar refractivity (Wildman–Crippen MR) is 122 cm³/mol. The van der Waals surface area contributed by atoms with Gasteiger partial charge in [0.1, 0.15) is 29.2 Å². The minimum absolute atomic E-state index is 0.0589. The molecule has 5 aliphatic rings. The quantitative estimate of drug-likeness (QED) is 0.490. The Morgan fingerprint density at radius 3 is 2.45 bits per heavy atom. The molecule has 1 N–H and O–H groups in total. The van der Waals surface area contributed by atoms with Crippen LogP contribution in [0.2, 0.25) is 0 Å². The maximum Gasteiger partial charge on any atom is 0.303 e. The van der Waals surface area contributed by atoms with Crippen molar-refractivity contribution in [1.82, 2.24) is 0 Å². The smallest absolute Gasteiger partial charge is 0.303 e. The van der Waals surface area contributed by atoms with Gasteiger partial charge in [-0.05, 0) is 69.1 Å². The Balaban J connectivity index is 1.66. The summed E-state index contributed by atoms with van der Waals surface area (Å²) in [5.41, 5.74) is -1.43. The molecule has 1 saturated heterocycles. The molecule has 0 aromatic heterocycles. The molecule has 0 radical (unpaired) electrons. The van der Waals surface area contributed by atoms with Crippen LogP contribution >= 0.6 is 0 Å². The summed E-state index contributed by atoms with van der Waals surface area (Å²) < 4.78 is 19.9. The lowest BCUT2D eigenvalue weighted by molar-refractivity contribution is -0.227. The highest BCUT2D eigenvalue weighted by atomic mass is 16.6. The standard InChI is InChI=1S/C27H42O6/c1-15(2)14-31-21-22-24(5)10-8-19(30)13-18(24)7-11-26(22)27(33-26)12-9-20(16(3)28)25(27,6)23(21)32-17(4)29/h15,18-23,30H,7-14H2,1-6H3/t18-,19-,20+,21-,22+,23+,24-,25-,26-,27+/m0/s1. The number of Topliss-reactive ketones (excluding diaryl/α,β-unsaturated/α-hetero) is 1. The van der Waals surface area contributed by atoms with Crippen LogP contribution in [-0.2, 0) is 23.8 Å². The van der Waals surface area contributed by atoms with Crippen LogP contribution in [0.3, 0.4) is 0 Å². The van der Waals surface area contributed by atoms with Gasteiger partial charge in [-0.2, -0.15) is 0 Å². The van der Waals surface area contributed by atoms with Gasteiger partial charge >= 0.3 is 5.97 Å². The molecule has 6 nitrogen and oxygen atoms in total. The van der Waals surface area contributed by atoms with Crippen molar-refractivity contribution in [3.05, 3.63) is 0 Å². The fourth-order valence-corrected chi connectivity index (χ4v) is 9.28. The zero-order valence-electron chi connectivity index (χ0n) is 21.2. The van der Waals surface area contributed by atoms with Crippen LogP contribution in [-0.4, -0.2) is 53.0 Å². The van der Waals surface area contributed by atoms with E-state index in [1.54, 1.807) is 6.92 Å². The average Bonchev–Trinajstić information content (AvgIpc) is 3.27. The third-order valence-corrected chi connectivity index (χ3v) is 10.6. The van der Waals surface area contributed by atoms with Gasteiger partial charge in [0.05, 0.1) is 6.10 Å². The Bertz CT molecular complexity index is 840. The molecule has 4 saturated carbocycles. The summed E-state index contributed by atoms with van der Waals surface area (Å²) in [5.74, 6) is 0.443. The van der Waals surface area contributed by atoms with Crippen LogP contribution in [0.1, 0.15) is 86.5 Å². The lowest BCUT2D eigenvalue weighted by atomic mass is 9.43. The van der Waals surface area contributed by atoms with Crippen molar-refractivity contribution in [1.29, 1.82) is 0 Å². The molecule has 4 aliphatic carbocycles. The van der Waals surface area contributed by atoms with Gasteiger partial charge in [0.2, 0.25) is 0 Å². The minimum Gasteiger partial charge on any atom is -0.459 e. The number of hydrogen-bond acceptors (Lipinski definition) is 6. The van der Waals surface area contributed by atoms with Gasteiger partial charge < -0.3 is 19.3 Å². The van der Waals surface area contributed by atoms with Gasteiger partial charge in [0.15, 0.2) is 0 Å². The van der Waals surface area contributed by atoms with E-state index in [4.69, 9.17) is 14.2 Å². The molecule has 0 bridgehead atoms. The second-order valence-corrected chi connectivity index (χ2v) is 12.7. The molecule has 0 amide bonds. The number of aliphatic hydroxyl groups excluding tert-OH is 1. The third kappa shape index (κ3) is 2.96. The SMILES string of the molecule is CC(=O)O[C@@H]1[C@@H](OCC(C)C)[C@@H]2[C@@]3(C)CC[C@H](O)C[C@@H]3CC[C@]23O[C@@]32CC[C@H](C(C)=O)[C@@]12C. The second-order valence-electron chi connectivity index (χ2n) is 12.7. The molecule has 10 atom stereocenters. The van der Waals surface area contributed by atoms with Crippen LogP contribution in [0.5, 0.6) is 0 Å². The molecule has 1 heterocycles. The van der Waals surface area contributed by atoms with Crippen LogP contribution in [0.4, 0.5) is 0 Å². The van der Waals surface area contributed by atoms with Gasteiger partial charge in [-0.15, -0.1) is 0 Å². The van der Waals surface area contributed by atoms with E-state index in [2.05, 4.69) is 27.7 Å². The van der Waals surface area contributed by atoms with E-state index < -0.39 is 17.1 Å². The summed E-state index contributed by atoms with van der Waals surface area (Å²) in [5, 5.41) is 10.5. The van der Waals surface area contributed by atoms with Gasteiger partial charge in [0, 0.05) is 30.8 Å². The first-order valence-electron chi connectivity index (χ1n) is 13.1. The highest BCUT2D eigenvalue weighted by Gasteiger charge is 2.91. The normalized spacial score (nSPS) is 52.4. The molecular formula is C27H42O6. The van der Waals surface area contributed by atoms with Crippen molar-refractivity contribution in [3.63, 3.8) is 0 Å². The van der Waals surface area contributed by atoms with Crippen LogP contribution < -0.4 is 0 Å². The predicted octanol–water partition coefficient (Wildman–Crippen LogP) is 4.06. The number of aliphatic hydroxyl groups is 1. The van der Waals surface area contributed by atoms with Crippen LogP contribution in [0.25, 0.3) is 0 Å². The molecule has 33 heavy (non-hydrogen) atoms. The fourth-order valence-electron chi connectivity index (χ4n) is 9.28. The molecule has 5 fully saturated rings. The molecule has 186 valence electrons. The highest BCUT2D eigenvalue weighted by Crippen LogP contribution is 2.81. The van der Waals surface area contributed by atoms with Crippen LogP contribution in [0.15, 0.2) is 0 Å². The van der Waals surface area contributed by atoms with E-state index in [0.29, 0.717) is 18.4 Å². The van der Waals surface area contributed by atoms with E-state index in [9.17, 15) is 14.7 Å². The maximum atomic E-state index is 12.9. The van der Waals surface area contributed by atoms with E-state index in [-0.39, 0.29) is 46.8 Å². The van der Waals surface area contributed by atoms with Crippen molar-refractivity contribution in [2.45, 2.75) is 116 Å². The van der Waals surface area contributed by atoms with Crippen molar-refractivity contribution >= 4 is 11.8 Å². The lowest BCUT2D eigenvalue weighted by Gasteiger charge is -2.61. The first-order valence-corrected chi connectivity index (χ1v) is 13.1. The molecular weight excluding hydrogens is 420 g/mol. The Morgan fingerprint density at radius 2 is 1.82 bits per heavy atom. The largest absolute Gasteiger partial charge is 0.459 e. The second kappa shape index (κ2) is 7.51. The highest BCUT2D eigenvalue weighted by molar-refractivity contribution is 5.81. The summed E-state index contributed by atoms with van der Waals surface area (Å²) in [6, 6.07) is 0. The molecule has 2 spiro atoms. The number of epoxide rings is 1. The summed E-state index contributed by atoms with van der Waals surface area (Å²) in [7, 11) is 0. The molecule has 0 aromatic rings. The Hall–Kier alpha value is -0.980. The number of hydrogen-bond donors (Lipinski definition) is 1. The molecule has 0 aromatic carbocycles. The molecule has 6 heteroatoms. The van der Waals surface area contributed by atoms with Crippen LogP contribution in [0, 0.1) is 34.5 Å². The average molecular weight is 463 g/mol. The zero-order chi connectivity index (χ0) is 24.0. The number of ketones is 1. The monoisotopic (exact) mass is 462 g/mol. The number of fused-ring (bicyclic) bond motifs is 2. The van der Waals surface area contributed by atoms with Crippen molar-refractivity contribution in [2.24, 2.45) is 34.5 Å². The Kier molecular flexibility index (Phi) is 5.40. The van der Waals surface area contributed by atoms with E-state index in [1.807, 2.05) is 0 Å². The summed E-state index contributed by atoms with van der Waals surface area (Å²) >= 11 is 0. The molecule has 5 rings (SSSR count). The van der Waals surface area contributed by atoms with Gasteiger partial charge in [0.25, 0.3) is 0 Å². The van der Waals surface area contributed by atoms with E-state index in [1.165, 1.54) is 6.92 Å². The van der Waals surface area contributed by atoms with Gasteiger partial charge in [-0.1, -0.05) is 27.7 Å². The summed E-state index contributed by atoms with van der Waals surface area (Å²) in [6.45, 7) is 12.5. The topological polar surface area (TPSA) is 85.4 Å². The fraction of sp³-hybridized carbons (Fsp3) is 0.926.